The number of halogens is 1. The molecule has 2 unspecified atom stereocenters. The molecule has 0 bridgehead atoms. The van der Waals surface area contributed by atoms with Crippen molar-refractivity contribution in [1.29, 1.82) is 0 Å². The third kappa shape index (κ3) is 5.97. The normalized spacial score (nSPS) is 16.6. The van der Waals surface area contributed by atoms with Crippen LogP contribution in [0.1, 0.15) is 43.2 Å². The van der Waals surface area contributed by atoms with Gasteiger partial charge >= 0.3 is 0 Å². The molecule has 1 aromatic carbocycles. The van der Waals surface area contributed by atoms with Crippen molar-refractivity contribution in [3.8, 4) is 5.75 Å². The topological polar surface area (TPSA) is 62.0 Å². The van der Waals surface area contributed by atoms with E-state index < -0.39 is 0 Å². The van der Waals surface area contributed by atoms with Crippen molar-refractivity contribution in [3.63, 3.8) is 0 Å². The second-order valence-electron chi connectivity index (χ2n) is 7.76. The summed E-state index contributed by atoms with van der Waals surface area (Å²) >= 11 is 0. The average molecular weight is 403 g/mol. The predicted molar refractivity (Wildman–Crippen MR) is 113 cm³/mol. The number of benzene rings is 1. The molecule has 2 aromatic rings. The SMILES string of the molecule is CN=C(NCC(c1ccco1)N(C)C)NC(C)c1ccc(OCC2CC2)c(F)c1. The Labute approximate surface area is 172 Å². The Kier molecular flexibility index (Phi) is 7.14. The summed E-state index contributed by atoms with van der Waals surface area (Å²) in [6.07, 6.45) is 4.04. The molecule has 0 radical (unpaired) electrons. The quantitative estimate of drug-likeness (QED) is 0.494. The van der Waals surface area contributed by atoms with E-state index in [1.165, 1.54) is 18.9 Å². The smallest absolute Gasteiger partial charge is 0.191 e. The molecule has 1 aliphatic rings. The minimum atomic E-state index is -0.328. The number of hydrogen-bond donors (Lipinski definition) is 2. The van der Waals surface area contributed by atoms with Crippen molar-refractivity contribution >= 4 is 5.96 Å². The zero-order valence-corrected chi connectivity index (χ0v) is 17.6. The first kappa shape index (κ1) is 21.2. The lowest BCUT2D eigenvalue weighted by molar-refractivity contribution is 0.258. The van der Waals surface area contributed by atoms with Crippen LogP contribution in [0, 0.1) is 11.7 Å². The summed E-state index contributed by atoms with van der Waals surface area (Å²) in [6, 6.07) is 8.92. The molecule has 2 atom stereocenters. The molecule has 158 valence electrons. The Morgan fingerprint density at radius 2 is 2.14 bits per heavy atom. The van der Waals surface area contributed by atoms with E-state index in [9.17, 15) is 4.39 Å². The van der Waals surface area contributed by atoms with Gasteiger partial charge in [-0.05, 0) is 69.6 Å². The Hall–Kier alpha value is -2.54. The van der Waals surface area contributed by atoms with Crippen LogP contribution in [0.25, 0.3) is 0 Å². The lowest BCUT2D eigenvalue weighted by atomic mass is 10.1. The third-order valence-electron chi connectivity index (χ3n) is 5.16. The fourth-order valence-electron chi connectivity index (χ4n) is 3.09. The van der Waals surface area contributed by atoms with Crippen molar-refractivity contribution in [2.45, 2.75) is 31.8 Å². The second-order valence-corrected chi connectivity index (χ2v) is 7.76. The summed E-state index contributed by atoms with van der Waals surface area (Å²) in [4.78, 5) is 6.37. The van der Waals surface area contributed by atoms with Crippen LogP contribution >= 0.6 is 0 Å². The highest BCUT2D eigenvalue weighted by molar-refractivity contribution is 5.80. The highest BCUT2D eigenvalue weighted by Crippen LogP contribution is 2.30. The van der Waals surface area contributed by atoms with Gasteiger partial charge in [-0.3, -0.25) is 9.89 Å². The number of rotatable bonds is 9. The Morgan fingerprint density at radius 3 is 2.72 bits per heavy atom. The van der Waals surface area contributed by atoms with E-state index in [1.807, 2.05) is 39.2 Å². The molecule has 2 N–H and O–H groups in total. The van der Waals surface area contributed by atoms with E-state index in [0.29, 0.717) is 30.8 Å². The van der Waals surface area contributed by atoms with Gasteiger partial charge in [-0.2, -0.15) is 0 Å². The lowest BCUT2D eigenvalue weighted by Crippen LogP contribution is -2.42. The molecule has 0 saturated heterocycles. The summed E-state index contributed by atoms with van der Waals surface area (Å²) in [5, 5.41) is 6.64. The standard InChI is InChI=1S/C22H31FN4O2/c1-15(17-9-10-20(18(23)12-17)29-14-16-7-8-16)26-22(24-2)25-13-19(27(3)4)21-6-5-11-28-21/h5-6,9-12,15-16,19H,7-8,13-14H2,1-4H3,(H2,24,25,26). The molecular formula is C22H31FN4O2. The maximum Gasteiger partial charge on any atom is 0.191 e. The Morgan fingerprint density at radius 1 is 1.34 bits per heavy atom. The zero-order chi connectivity index (χ0) is 20.8. The first-order valence-corrected chi connectivity index (χ1v) is 10.1. The molecule has 29 heavy (non-hydrogen) atoms. The number of likely N-dealkylation sites (N-methyl/N-ethyl adjacent to an activating group) is 1. The largest absolute Gasteiger partial charge is 0.490 e. The second kappa shape index (κ2) is 9.78. The van der Waals surface area contributed by atoms with Gasteiger partial charge in [0.25, 0.3) is 0 Å². The zero-order valence-electron chi connectivity index (χ0n) is 17.6. The minimum Gasteiger partial charge on any atom is -0.490 e. The molecule has 1 fully saturated rings. The monoisotopic (exact) mass is 402 g/mol. The summed E-state index contributed by atoms with van der Waals surface area (Å²) < 4.78 is 25.5. The molecular weight excluding hydrogens is 371 g/mol. The van der Waals surface area contributed by atoms with Crippen LogP contribution in [-0.2, 0) is 0 Å². The van der Waals surface area contributed by atoms with E-state index in [2.05, 4.69) is 20.5 Å². The van der Waals surface area contributed by atoms with Crippen molar-refractivity contribution < 1.29 is 13.5 Å². The van der Waals surface area contributed by atoms with E-state index in [-0.39, 0.29) is 17.9 Å². The van der Waals surface area contributed by atoms with E-state index in [1.54, 1.807) is 19.4 Å². The number of guanidine groups is 1. The third-order valence-corrected chi connectivity index (χ3v) is 5.16. The van der Waals surface area contributed by atoms with Gasteiger partial charge in [0, 0.05) is 13.6 Å². The highest BCUT2D eigenvalue weighted by atomic mass is 19.1. The van der Waals surface area contributed by atoms with Crippen molar-refractivity contribution in [3.05, 3.63) is 53.7 Å². The number of furan rings is 1. The van der Waals surface area contributed by atoms with Gasteiger partial charge in [-0.25, -0.2) is 4.39 Å². The maximum absolute atomic E-state index is 14.4. The molecule has 1 aromatic heterocycles. The summed E-state index contributed by atoms with van der Waals surface area (Å²) in [6.45, 7) is 3.20. The fraction of sp³-hybridized carbons (Fsp3) is 0.500. The minimum absolute atomic E-state index is 0.0687. The number of nitrogens with zero attached hydrogens (tertiary/aromatic N) is 2. The number of nitrogens with one attached hydrogen (secondary N) is 2. The summed E-state index contributed by atoms with van der Waals surface area (Å²) in [5.74, 6) is 2.12. The molecule has 7 heteroatoms. The molecule has 3 rings (SSSR count). The van der Waals surface area contributed by atoms with Crippen LogP contribution in [0.4, 0.5) is 4.39 Å². The van der Waals surface area contributed by atoms with Gasteiger partial charge in [0.05, 0.1) is 25.0 Å². The highest BCUT2D eigenvalue weighted by Gasteiger charge is 2.23. The van der Waals surface area contributed by atoms with Gasteiger partial charge in [0.1, 0.15) is 5.76 Å². The molecule has 6 nitrogen and oxygen atoms in total. The van der Waals surface area contributed by atoms with Gasteiger partial charge < -0.3 is 19.8 Å². The first-order chi connectivity index (χ1) is 14.0. The Balaban J connectivity index is 1.56. The Bertz CT molecular complexity index is 803. The van der Waals surface area contributed by atoms with E-state index >= 15 is 0 Å². The number of ether oxygens (including phenoxy) is 1. The summed E-state index contributed by atoms with van der Waals surface area (Å²) in [5.41, 5.74) is 0.833. The van der Waals surface area contributed by atoms with Crippen molar-refractivity contribution in [2.24, 2.45) is 10.9 Å². The van der Waals surface area contributed by atoms with Gasteiger partial charge in [-0.15, -0.1) is 0 Å². The number of aliphatic imine (C=N–C) groups is 1. The molecule has 1 saturated carbocycles. The lowest BCUT2D eigenvalue weighted by Gasteiger charge is -2.25. The average Bonchev–Trinajstić information content (AvgIpc) is 3.38. The summed E-state index contributed by atoms with van der Waals surface area (Å²) in [7, 11) is 5.72. The van der Waals surface area contributed by atoms with E-state index in [4.69, 9.17) is 9.15 Å². The predicted octanol–water partition coefficient (Wildman–Crippen LogP) is 3.74. The van der Waals surface area contributed by atoms with Crippen LogP contribution < -0.4 is 15.4 Å². The van der Waals surface area contributed by atoms with E-state index in [0.717, 1.165) is 11.3 Å². The first-order valence-electron chi connectivity index (χ1n) is 10.1. The van der Waals surface area contributed by atoms with Crippen molar-refractivity contribution in [1.82, 2.24) is 15.5 Å². The number of hydrogen-bond acceptors (Lipinski definition) is 4. The van der Waals surface area contributed by atoms with Crippen LogP contribution in [0.2, 0.25) is 0 Å². The van der Waals surface area contributed by atoms with Crippen LogP contribution in [0.15, 0.2) is 46.0 Å². The molecule has 0 amide bonds. The van der Waals surface area contributed by atoms with Crippen molar-refractivity contribution in [2.75, 3.05) is 34.3 Å². The van der Waals surface area contributed by atoms with Gasteiger partial charge in [0.15, 0.2) is 17.5 Å². The van der Waals surface area contributed by atoms with Crippen LogP contribution in [0.5, 0.6) is 5.75 Å². The molecule has 1 aliphatic carbocycles. The maximum atomic E-state index is 14.4. The van der Waals surface area contributed by atoms with Crippen LogP contribution in [-0.4, -0.2) is 45.2 Å². The fourth-order valence-corrected chi connectivity index (χ4v) is 3.09. The van der Waals surface area contributed by atoms with Gasteiger partial charge in [0.2, 0.25) is 0 Å². The molecule has 0 aliphatic heterocycles. The molecule has 1 heterocycles. The molecule has 0 spiro atoms. The van der Waals surface area contributed by atoms with Crippen LogP contribution in [0.3, 0.4) is 0 Å². The van der Waals surface area contributed by atoms with Gasteiger partial charge in [-0.1, -0.05) is 6.07 Å².